The van der Waals surface area contributed by atoms with E-state index in [9.17, 15) is 0 Å². The monoisotopic (exact) mass is 357 g/mol. The first-order valence-corrected chi connectivity index (χ1v) is 8.49. The zero-order valence-electron chi connectivity index (χ0n) is 15.8. The molecule has 0 saturated heterocycles. The lowest BCUT2D eigenvalue weighted by molar-refractivity contribution is 0.322. The van der Waals surface area contributed by atoms with E-state index in [1.807, 2.05) is 30.3 Å². The number of methoxy groups -OCH3 is 3. The Hall–Kier alpha value is -2.89. The van der Waals surface area contributed by atoms with E-state index >= 15 is 0 Å². The molecule has 0 amide bonds. The first-order chi connectivity index (χ1) is 12.7. The van der Waals surface area contributed by atoms with Gasteiger partial charge in [-0.2, -0.15) is 0 Å². The molecule has 0 spiro atoms. The zero-order chi connectivity index (χ0) is 18.8. The third kappa shape index (κ3) is 5.05. The van der Waals surface area contributed by atoms with Gasteiger partial charge in [-0.3, -0.25) is 4.99 Å². The summed E-state index contributed by atoms with van der Waals surface area (Å²) in [5, 5.41) is 6.62. The molecule has 0 radical (unpaired) electrons. The van der Waals surface area contributed by atoms with Gasteiger partial charge in [-0.15, -0.1) is 0 Å². The third-order valence-corrected chi connectivity index (χ3v) is 4.00. The molecule has 0 saturated carbocycles. The first-order valence-electron chi connectivity index (χ1n) is 8.49. The van der Waals surface area contributed by atoms with E-state index in [1.165, 1.54) is 5.56 Å². The predicted octanol–water partition coefficient (Wildman–Crippen LogP) is 2.62. The molecule has 0 atom stereocenters. The van der Waals surface area contributed by atoms with Gasteiger partial charge in [0.05, 0.1) is 21.3 Å². The van der Waals surface area contributed by atoms with Gasteiger partial charge in [-0.1, -0.05) is 30.3 Å². The number of hydrogen-bond acceptors (Lipinski definition) is 4. The molecule has 2 aromatic carbocycles. The smallest absolute Gasteiger partial charge is 0.203 e. The molecule has 6 nitrogen and oxygen atoms in total. The van der Waals surface area contributed by atoms with E-state index in [1.54, 1.807) is 28.4 Å². The van der Waals surface area contributed by atoms with Gasteiger partial charge in [0.1, 0.15) is 0 Å². The van der Waals surface area contributed by atoms with Crippen molar-refractivity contribution >= 4 is 5.96 Å². The van der Waals surface area contributed by atoms with Crippen molar-refractivity contribution in [2.75, 3.05) is 34.9 Å². The summed E-state index contributed by atoms with van der Waals surface area (Å²) in [4.78, 5) is 4.26. The van der Waals surface area contributed by atoms with Crippen LogP contribution in [-0.4, -0.2) is 40.9 Å². The fraction of sp³-hybridized carbons (Fsp3) is 0.350. The molecule has 0 aliphatic carbocycles. The lowest BCUT2D eigenvalue weighted by Gasteiger charge is -2.17. The SMILES string of the molecule is CN=C(NCCc1ccccc1)NCc1ccc(OC)c(OC)c1OC. The lowest BCUT2D eigenvalue weighted by atomic mass is 10.1. The second kappa shape index (κ2) is 10.2. The number of hydrogen-bond donors (Lipinski definition) is 2. The van der Waals surface area contributed by atoms with Gasteiger partial charge in [-0.05, 0) is 24.1 Å². The van der Waals surface area contributed by atoms with Crippen molar-refractivity contribution < 1.29 is 14.2 Å². The minimum absolute atomic E-state index is 0.550. The number of rotatable bonds is 8. The highest BCUT2D eigenvalue weighted by Crippen LogP contribution is 2.39. The average molecular weight is 357 g/mol. The van der Waals surface area contributed by atoms with Crippen molar-refractivity contribution in [1.82, 2.24) is 10.6 Å². The van der Waals surface area contributed by atoms with E-state index in [-0.39, 0.29) is 0 Å². The summed E-state index contributed by atoms with van der Waals surface area (Å²) in [7, 11) is 6.58. The number of nitrogens with zero attached hydrogens (tertiary/aromatic N) is 1. The fourth-order valence-corrected chi connectivity index (χ4v) is 2.67. The quantitative estimate of drug-likeness (QED) is 0.562. The van der Waals surface area contributed by atoms with Gasteiger partial charge in [0.15, 0.2) is 17.5 Å². The van der Waals surface area contributed by atoms with Crippen LogP contribution in [0.3, 0.4) is 0 Å². The minimum atomic E-state index is 0.550. The summed E-state index contributed by atoms with van der Waals surface area (Å²) >= 11 is 0. The third-order valence-electron chi connectivity index (χ3n) is 4.00. The maximum atomic E-state index is 5.51. The summed E-state index contributed by atoms with van der Waals surface area (Å²) in [5.41, 5.74) is 2.24. The number of aliphatic imine (C=N–C) groups is 1. The Morgan fingerprint density at radius 2 is 1.62 bits per heavy atom. The summed E-state index contributed by atoms with van der Waals surface area (Å²) in [6, 6.07) is 14.2. The topological polar surface area (TPSA) is 64.1 Å². The minimum Gasteiger partial charge on any atom is -0.493 e. The second-order valence-electron chi connectivity index (χ2n) is 5.58. The first kappa shape index (κ1) is 19.4. The van der Waals surface area contributed by atoms with Gasteiger partial charge in [0.2, 0.25) is 5.75 Å². The Kier molecular flexibility index (Phi) is 7.61. The highest BCUT2D eigenvalue weighted by Gasteiger charge is 2.15. The summed E-state index contributed by atoms with van der Waals surface area (Å²) in [5.74, 6) is 2.61. The largest absolute Gasteiger partial charge is 0.493 e. The van der Waals surface area contributed by atoms with Gasteiger partial charge in [-0.25, -0.2) is 0 Å². The van der Waals surface area contributed by atoms with Crippen LogP contribution >= 0.6 is 0 Å². The van der Waals surface area contributed by atoms with E-state index in [0.717, 1.165) is 24.5 Å². The molecule has 2 rings (SSSR count). The molecule has 0 aliphatic rings. The Morgan fingerprint density at radius 3 is 2.23 bits per heavy atom. The van der Waals surface area contributed by atoms with Crippen molar-refractivity contribution in [3.63, 3.8) is 0 Å². The van der Waals surface area contributed by atoms with Crippen LogP contribution in [0, 0.1) is 0 Å². The van der Waals surface area contributed by atoms with E-state index in [2.05, 4.69) is 27.8 Å². The molecule has 0 aliphatic heterocycles. The summed E-state index contributed by atoms with van der Waals surface area (Å²) in [6.45, 7) is 1.35. The molecule has 0 aromatic heterocycles. The van der Waals surface area contributed by atoms with Gasteiger partial charge in [0, 0.05) is 25.7 Å². The van der Waals surface area contributed by atoms with Crippen LogP contribution in [0.1, 0.15) is 11.1 Å². The summed E-state index contributed by atoms with van der Waals surface area (Å²) in [6.07, 6.45) is 0.932. The maximum Gasteiger partial charge on any atom is 0.203 e. The normalized spacial score (nSPS) is 11.0. The Morgan fingerprint density at radius 1 is 0.885 bits per heavy atom. The molecular weight excluding hydrogens is 330 g/mol. The van der Waals surface area contributed by atoms with Crippen molar-refractivity contribution in [2.24, 2.45) is 4.99 Å². The van der Waals surface area contributed by atoms with E-state index < -0.39 is 0 Å². The fourth-order valence-electron chi connectivity index (χ4n) is 2.67. The van der Waals surface area contributed by atoms with E-state index in [0.29, 0.717) is 23.8 Å². The summed E-state index contributed by atoms with van der Waals surface area (Å²) < 4.78 is 16.2. The van der Waals surface area contributed by atoms with Gasteiger partial charge in [0.25, 0.3) is 0 Å². The van der Waals surface area contributed by atoms with Crippen molar-refractivity contribution in [1.29, 1.82) is 0 Å². The van der Waals surface area contributed by atoms with Crippen LogP contribution < -0.4 is 24.8 Å². The molecule has 0 heterocycles. The lowest BCUT2D eigenvalue weighted by Crippen LogP contribution is -2.37. The van der Waals surface area contributed by atoms with E-state index in [4.69, 9.17) is 14.2 Å². The van der Waals surface area contributed by atoms with Gasteiger partial charge < -0.3 is 24.8 Å². The van der Waals surface area contributed by atoms with Crippen LogP contribution in [0.15, 0.2) is 47.5 Å². The van der Waals surface area contributed by atoms with Crippen LogP contribution in [0.2, 0.25) is 0 Å². The van der Waals surface area contributed by atoms with Crippen LogP contribution in [0.25, 0.3) is 0 Å². The Labute approximate surface area is 155 Å². The molecule has 2 N–H and O–H groups in total. The molecule has 140 valence electrons. The van der Waals surface area contributed by atoms with Crippen molar-refractivity contribution in [3.8, 4) is 17.2 Å². The molecule has 0 fully saturated rings. The number of benzene rings is 2. The molecule has 26 heavy (non-hydrogen) atoms. The number of nitrogens with one attached hydrogen (secondary N) is 2. The average Bonchev–Trinajstić information content (AvgIpc) is 2.70. The van der Waals surface area contributed by atoms with Crippen LogP contribution in [-0.2, 0) is 13.0 Å². The van der Waals surface area contributed by atoms with Crippen LogP contribution in [0.5, 0.6) is 17.2 Å². The molecule has 0 bridgehead atoms. The number of ether oxygens (including phenoxy) is 3. The standard InChI is InChI=1S/C20H27N3O3/c1-21-20(22-13-12-15-8-6-5-7-9-15)23-14-16-10-11-17(24-2)19(26-4)18(16)25-3/h5-11H,12-14H2,1-4H3,(H2,21,22,23). The van der Waals surface area contributed by atoms with Gasteiger partial charge >= 0.3 is 0 Å². The highest BCUT2D eigenvalue weighted by molar-refractivity contribution is 5.79. The van der Waals surface area contributed by atoms with Crippen LogP contribution in [0.4, 0.5) is 0 Å². The molecule has 2 aromatic rings. The zero-order valence-corrected chi connectivity index (χ0v) is 15.8. The Bertz CT molecular complexity index is 718. The predicted molar refractivity (Wildman–Crippen MR) is 104 cm³/mol. The van der Waals surface area contributed by atoms with Crippen molar-refractivity contribution in [2.45, 2.75) is 13.0 Å². The maximum absolute atomic E-state index is 5.51. The molecule has 0 unspecified atom stereocenters. The second-order valence-corrected chi connectivity index (χ2v) is 5.58. The molecular formula is C20H27N3O3. The Balaban J connectivity index is 1.95. The number of guanidine groups is 1. The molecule has 6 heteroatoms. The van der Waals surface area contributed by atoms with Crippen molar-refractivity contribution in [3.05, 3.63) is 53.6 Å². The highest BCUT2D eigenvalue weighted by atomic mass is 16.5.